The lowest BCUT2D eigenvalue weighted by Crippen LogP contribution is -2.39. The molecule has 1 aliphatic rings. The molecule has 0 spiro atoms. The van der Waals surface area contributed by atoms with Gasteiger partial charge in [0.25, 0.3) is 0 Å². The number of pyridine rings is 1. The Morgan fingerprint density at radius 1 is 1.27 bits per heavy atom. The summed E-state index contributed by atoms with van der Waals surface area (Å²) >= 11 is 11.9. The van der Waals surface area contributed by atoms with Crippen LogP contribution < -0.4 is 15.5 Å². The number of methoxy groups -OCH3 is 1. The number of carbonyl (C=O) groups is 1. The van der Waals surface area contributed by atoms with E-state index in [0.29, 0.717) is 47.2 Å². The molecule has 0 saturated heterocycles. The van der Waals surface area contributed by atoms with Gasteiger partial charge in [0.15, 0.2) is 11.2 Å². The van der Waals surface area contributed by atoms with Crippen LogP contribution in [0.5, 0.6) is 5.75 Å². The van der Waals surface area contributed by atoms with Crippen LogP contribution in [0.4, 0.5) is 10.1 Å². The number of halogens is 3. The van der Waals surface area contributed by atoms with E-state index < -0.39 is 5.82 Å². The molecule has 0 fully saturated rings. The predicted molar refractivity (Wildman–Crippen MR) is 115 cm³/mol. The van der Waals surface area contributed by atoms with Gasteiger partial charge in [-0.25, -0.2) is 4.39 Å². The Morgan fingerprint density at radius 3 is 2.80 bits per heavy atom. The summed E-state index contributed by atoms with van der Waals surface area (Å²) in [7, 11) is 1.52. The predicted octanol–water partition coefficient (Wildman–Crippen LogP) is 3.98. The molecule has 2 N–H and O–H groups in total. The lowest BCUT2D eigenvalue weighted by molar-refractivity contribution is -0.117. The van der Waals surface area contributed by atoms with Crippen molar-refractivity contribution in [2.45, 2.75) is 13.0 Å². The van der Waals surface area contributed by atoms with Crippen molar-refractivity contribution in [2.24, 2.45) is 0 Å². The fourth-order valence-electron chi connectivity index (χ4n) is 3.62. The second-order valence-electron chi connectivity index (χ2n) is 7.05. The van der Waals surface area contributed by atoms with Gasteiger partial charge in [-0.1, -0.05) is 23.2 Å². The van der Waals surface area contributed by atoms with Crippen LogP contribution in [-0.2, 0) is 17.8 Å². The van der Waals surface area contributed by atoms with Crippen molar-refractivity contribution in [3.63, 3.8) is 0 Å². The lowest BCUT2D eigenvalue weighted by Gasteiger charge is -2.28. The normalized spacial score (nSPS) is 13.9. The summed E-state index contributed by atoms with van der Waals surface area (Å²) in [5, 5.41) is 3.40. The molecule has 0 aliphatic carbocycles. The number of aromatic nitrogens is 1. The summed E-state index contributed by atoms with van der Waals surface area (Å²) in [6, 6.07) is 7.86. The topological polar surface area (TPSA) is 74.4 Å². The summed E-state index contributed by atoms with van der Waals surface area (Å²) in [5.74, 6) is -0.338. The van der Waals surface area contributed by atoms with E-state index in [2.05, 4.69) is 10.3 Å². The number of anilines is 1. The van der Waals surface area contributed by atoms with E-state index in [9.17, 15) is 14.0 Å². The van der Waals surface area contributed by atoms with Crippen LogP contribution in [0, 0.1) is 5.82 Å². The molecule has 1 amide bonds. The van der Waals surface area contributed by atoms with Crippen molar-refractivity contribution in [1.82, 2.24) is 9.88 Å². The number of nitrogens with one attached hydrogen (secondary N) is 2. The molecule has 1 aromatic heterocycles. The molecular formula is C21H18Cl2FN3O3. The van der Waals surface area contributed by atoms with Gasteiger partial charge in [-0.15, -0.1) is 0 Å². The van der Waals surface area contributed by atoms with E-state index in [1.165, 1.54) is 19.2 Å². The number of ether oxygens (including phenoxy) is 1. The lowest BCUT2D eigenvalue weighted by atomic mass is 10.0. The Balaban J connectivity index is 1.51. The molecule has 156 valence electrons. The van der Waals surface area contributed by atoms with Crippen molar-refractivity contribution in [1.29, 1.82) is 0 Å². The molecule has 2 aromatic carbocycles. The molecule has 6 nitrogen and oxygen atoms in total. The van der Waals surface area contributed by atoms with E-state index in [1.54, 1.807) is 18.2 Å². The summed E-state index contributed by atoms with van der Waals surface area (Å²) in [6.45, 7) is 0.949. The summed E-state index contributed by atoms with van der Waals surface area (Å²) in [5.41, 5.74) is 1.64. The third kappa shape index (κ3) is 3.88. The fraction of sp³-hybridized carbons (Fsp3) is 0.238. The van der Waals surface area contributed by atoms with Crippen molar-refractivity contribution >= 4 is 45.7 Å². The first-order chi connectivity index (χ1) is 14.4. The maximum atomic E-state index is 14.3. The van der Waals surface area contributed by atoms with E-state index >= 15 is 0 Å². The summed E-state index contributed by atoms with van der Waals surface area (Å²) in [4.78, 5) is 30.2. The van der Waals surface area contributed by atoms with Gasteiger partial charge in [0.2, 0.25) is 5.91 Å². The molecule has 30 heavy (non-hydrogen) atoms. The van der Waals surface area contributed by atoms with Crippen molar-refractivity contribution in [2.75, 3.05) is 25.5 Å². The minimum atomic E-state index is -0.631. The zero-order valence-electron chi connectivity index (χ0n) is 16.0. The Bertz CT molecular complexity index is 1210. The minimum Gasteiger partial charge on any atom is -0.495 e. The standard InChI is InChI=1S/C21H18Cl2FN3O3/c1-30-17-5-2-11(8-15(17)23)25-18(28)10-27-7-6-16-13(9-27)21(29)12-3-4-14(22)19(24)20(12)26-16/h2-5,8H,6-7,9-10H2,1H3,(H,25,28)(H,26,29). The third-order valence-electron chi connectivity index (χ3n) is 5.12. The Kier molecular flexibility index (Phi) is 5.69. The number of benzene rings is 2. The summed E-state index contributed by atoms with van der Waals surface area (Å²) < 4.78 is 19.4. The van der Waals surface area contributed by atoms with Crippen LogP contribution in [-0.4, -0.2) is 36.0 Å². The molecule has 0 unspecified atom stereocenters. The molecule has 3 aromatic rings. The SMILES string of the molecule is COc1ccc(NC(=O)CN2CCc3[nH]c4c(F)c(Cl)ccc4c(=O)c3C2)cc1Cl. The molecule has 1 aliphatic heterocycles. The van der Waals surface area contributed by atoms with Gasteiger partial charge >= 0.3 is 0 Å². The number of amides is 1. The first-order valence-corrected chi connectivity index (χ1v) is 10.0. The minimum absolute atomic E-state index is 0.0363. The van der Waals surface area contributed by atoms with E-state index in [-0.39, 0.29) is 33.8 Å². The highest BCUT2D eigenvalue weighted by Crippen LogP contribution is 2.27. The van der Waals surface area contributed by atoms with Crippen molar-refractivity contribution in [3.8, 4) is 5.75 Å². The molecular weight excluding hydrogens is 432 g/mol. The molecule has 0 bridgehead atoms. The molecule has 0 saturated carbocycles. The quantitative estimate of drug-likeness (QED) is 0.631. The first kappa shape index (κ1) is 20.7. The Labute approximate surface area is 181 Å². The number of hydrogen-bond acceptors (Lipinski definition) is 4. The number of aromatic amines is 1. The van der Waals surface area contributed by atoms with Crippen molar-refractivity contribution in [3.05, 3.63) is 67.7 Å². The first-order valence-electron chi connectivity index (χ1n) is 9.25. The highest BCUT2D eigenvalue weighted by Gasteiger charge is 2.23. The van der Waals surface area contributed by atoms with Gasteiger partial charge in [0.1, 0.15) is 5.75 Å². The van der Waals surface area contributed by atoms with Gasteiger partial charge in [-0.2, -0.15) is 0 Å². The number of fused-ring (bicyclic) bond motifs is 2. The van der Waals surface area contributed by atoms with E-state index in [1.807, 2.05) is 4.90 Å². The van der Waals surface area contributed by atoms with Gasteiger partial charge < -0.3 is 15.0 Å². The number of carbonyl (C=O) groups excluding carboxylic acids is 1. The second-order valence-corrected chi connectivity index (χ2v) is 7.87. The van der Waals surface area contributed by atoms with Crippen LogP contribution >= 0.6 is 23.2 Å². The largest absolute Gasteiger partial charge is 0.495 e. The van der Waals surface area contributed by atoms with Crippen LogP contribution in [0.3, 0.4) is 0 Å². The maximum absolute atomic E-state index is 14.3. The molecule has 4 rings (SSSR count). The highest BCUT2D eigenvalue weighted by molar-refractivity contribution is 6.32. The zero-order valence-corrected chi connectivity index (χ0v) is 17.5. The van der Waals surface area contributed by atoms with Crippen molar-refractivity contribution < 1.29 is 13.9 Å². The number of hydrogen-bond donors (Lipinski definition) is 2. The van der Waals surface area contributed by atoms with Crippen LogP contribution in [0.1, 0.15) is 11.3 Å². The molecule has 0 atom stereocenters. The van der Waals surface area contributed by atoms with Crippen LogP contribution in [0.15, 0.2) is 35.1 Å². The van der Waals surface area contributed by atoms with Gasteiger partial charge in [0.05, 0.1) is 29.2 Å². The van der Waals surface area contributed by atoms with Crippen LogP contribution in [0.25, 0.3) is 10.9 Å². The van der Waals surface area contributed by atoms with Gasteiger partial charge in [-0.05, 0) is 30.3 Å². The summed E-state index contributed by atoms with van der Waals surface area (Å²) in [6.07, 6.45) is 0.494. The van der Waals surface area contributed by atoms with Gasteiger partial charge in [0, 0.05) is 41.8 Å². The average Bonchev–Trinajstić information content (AvgIpc) is 2.72. The number of nitrogens with zero attached hydrogens (tertiary/aromatic N) is 1. The molecule has 0 radical (unpaired) electrons. The van der Waals surface area contributed by atoms with E-state index in [4.69, 9.17) is 27.9 Å². The smallest absolute Gasteiger partial charge is 0.238 e. The van der Waals surface area contributed by atoms with E-state index in [0.717, 1.165) is 0 Å². The average molecular weight is 450 g/mol. The monoisotopic (exact) mass is 449 g/mol. The Hall–Kier alpha value is -2.61. The number of H-pyrrole nitrogens is 1. The second kappa shape index (κ2) is 8.26. The number of rotatable bonds is 4. The molecule has 2 heterocycles. The van der Waals surface area contributed by atoms with Gasteiger partial charge in [-0.3, -0.25) is 14.5 Å². The molecule has 9 heteroatoms. The third-order valence-corrected chi connectivity index (χ3v) is 5.70. The Morgan fingerprint density at radius 2 is 2.07 bits per heavy atom. The zero-order chi connectivity index (χ0) is 21.4. The highest BCUT2D eigenvalue weighted by atomic mass is 35.5. The maximum Gasteiger partial charge on any atom is 0.238 e. The van der Waals surface area contributed by atoms with Crippen LogP contribution in [0.2, 0.25) is 10.0 Å². The fourth-order valence-corrected chi connectivity index (χ4v) is 4.04.